The molecule has 2 aliphatic rings. The van der Waals surface area contributed by atoms with Crippen molar-refractivity contribution in [3.8, 4) is 0 Å². The van der Waals surface area contributed by atoms with E-state index >= 15 is 0 Å². The minimum Gasteiger partial charge on any atom is -0.480 e. The van der Waals surface area contributed by atoms with E-state index in [1.165, 1.54) is 12.2 Å². The fraction of sp³-hybridized carbons (Fsp3) is 0.760. The van der Waals surface area contributed by atoms with E-state index in [1.54, 1.807) is 9.80 Å². The zero-order valence-electron chi connectivity index (χ0n) is 22.5. The summed E-state index contributed by atoms with van der Waals surface area (Å²) in [5.41, 5.74) is 0. The molecule has 0 aromatic rings. The molecule has 2 heterocycles. The van der Waals surface area contributed by atoms with Crippen LogP contribution in [0.15, 0.2) is 12.2 Å². The number of aliphatic carboxylic acids is 1. The van der Waals surface area contributed by atoms with Crippen molar-refractivity contribution in [2.45, 2.75) is 6.42 Å². The van der Waals surface area contributed by atoms with Crippen LogP contribution in [0.2, 0.25) is 0 Å². The number of carbonyl (C=O) groups excluding carboxylic acids is 3. The van der Waals surface area contributed by atoms with Crippen LogP contribution in [0.3, 0.4) is 0 Å². The van der Waals surface area contributed by atoms with Gasteiger partial charge >= 0.3 is 5.97 Å². The second-order valence-corrected chi connectivity index (χ2v) is 8.64. The first-order valence-corrected chi connectivity index (χ1v) is 13.2. The number of amides is 3. The second-order valence-electron chi connectivity index (χ2n) is 8.64. The van der Waals surface area contributed by atoms with E-state index in [0.29, 0.717) is 92.2 Å². The first-order chi connectivity index (χ1) is 19.0. The number of hydrogen-bond acceptors (Lipinski definition) is 11. The number of rotatable bonds is 17. The van der Waals surface area contributed by atoms with Crippen molar-refractivity contribution < 1.29 is 52.7 Å². The van der Waals surface area contributed by atoms with Crippen LogP contribution in [0.5, 0.6) is 0 Å². The summed E-state index contributed by atoms with van der Waals surface area (Å²) in [6, 6.07) is 0. The second kappa shape index (κ2) is 20.4. The molecule has 3 amide bonds. The van der Waals surface area contributed by atoms with Gasteiger partial charge in [0.2, 0.25) is 5.91 Å². The average Bonchev–Trinajstić information content (AvgIpc) is 3.22. The van der Waals surface area contributed by atoms with Crippen LogP contribution >= 0.6 is 0 Å². The molecule has 0 atom stereocenters. The van der Waals surface area contributed by atoms with Gasteiger partial charge in [-0.3, -0.25) is 29.0 Å². The Morgan fingerprint density at radius 2 is 1.18 bits per heavy atom. The molecule has 2 aliphatic heterocycles. The molecule has 1 N–H and O–H groups in total. The monoisotopic (exact) mass is 559 g/mol. The van der Waals surface area contributed by atoms with E-state index in [1.807, 2.05) is 0 Å². The van der Waals surface area contributed by atoms with Crippen LogP contribution in [-0.4, -0.2) is 162 Å². The number of imide groups is 1. The average molecular weight is 560 g/mol. The van der Waals surface area contributed by atoms with Crippen molar-refractivity contribution in [3.05, 3.63) is 12.2 Å². The van der Waals surface area contributed by atoms with Gasteiger partial charge in [0, 0.05) is 38.3 Å². The van der Waals surface area contributed by atoms with E-state index < -0.39 is 5.97 Å². The largest absolute Gasteiger partial charge is 0.480 e. The number of carboxylic acids is 1. The summed E-state index contributed by atoms with van der Waals surface area (Å²) in [5, 5.41) is 8.97. The molecule has 14 heteroatoms. The predicted molar refractivity (Wildman–Crippen MR) is 136 cm³/mol. The van der Waals surface area contributed by atoms with Gasteiger partial charge in [-0.1, -0.05) is 0 Å². The molecule has 0 spiro atoms. The lowest BCUT2D eigenvalue weighted by Crippen LogP contribution is -2.40. The lowest BCUT2D eigenvalue weighted by atomic mass is 10.3. The summed E-state index contributed by atoms with van der Waals surface area (Å²) in [5.74, 6) is -1.57. The first-order valence-electron chi connectivity index (χ1n) is 13.2. The third-order valence-electron chi connectivity index (χ3n) is 5.76. The Labute approximate surface area is 228 Å². The van der Waals surface area contributed by atoms with Crippen LogP contribution in [0.25, 0.3) is 0 Å². The van der Waals surface area contributed by atoms with Crippen LogP contribution in [-0.2, 0) is 47.6 Å². The fourth-order valence-corrected chi connectivity index (χ4v) is 3.65. The summed E-state index contributed by atoms with van der Waals surface area (Å²) < 4.78 is 32.9. The zero-order chi connectivity index (χ0) is 28.1. The molecule has 0 saturated carbocycles. The fourth-order valence-electron chi connectivity index (χ4n) is 3.65. The summed E-state index contributed by atoms with van der Waals surface area (Å²) in [4.78, 5) is 50.9. The molecule has 14 nitrogen and oxygen atoms in total. The quantitative estimate of drug-likeness (QED) is 0.165. The highest BCUT2D eigenvalue weighted by atomic mass is 16.6. The van der Waals surface area contributed by atoms with Crippen molar-refractivity contribution in [2.24, 2.45) is 0 Å². The lowest BCUT2D eigenvalue weighted by molar-refractivity contribution is -0.139. The molecular weight excluding hydrogens is 518 g/mol. The maximum absolute atomic E-state index is 12.6. The number of carboxylic acid groups (broad SMARTS) is 1. The normalized spacial score (nSPS) is 17.8. The molecule has 0 aromatic carbocycles. The number of ether oxygens (including phenoxy) is 6. The first kappa shape index (κ1) is 32.8. The maximum atomic E-state index is 12.6. The highest BCUT2D eigenvalue weighted by Gasteiger charge is 2.22. The molecule has 0 aromatic heterocycles. The van der Waals surface area contributed by atoms with Crippen molar-refractivity contribution in [3.63, 3.8) is 0 Å². The summed E-state index contributed by atoms with van der Waals surface area (Å²) >= 11 is 0. The van der Waals surface area contributed by atoms with Crippen LogP contribution in [0.4, 0.5) is 0 Å². The summed E-state index contributed by atoms with van der Waals surface area (Å²) in [6.45, 7) is 6.32. The number of carbonyl (C=O) groups is 4. The van der Waals surface area contributed by atoms with E-state index in [-0.39, 0.29) is 50.4 Å². The highest BCUT2D eigenvalue weighted by Crippen LogP contribution is 2.02. The molecule has 2 rings (SSSR count). The number of nitrogens with zero attached hydrogens (tertiary/aromatic N) is 3. The van der Waals surface area contributed by atoms with E-state index in [4.69, 9.17) is 33.5 Å². The van der Waals surface area contributed by atoms with Gasteiger partial charge in [-0.15, -0.1) is 0 Å². The number of hydrogen-bond donors (Lipinski definition) is 1. The molecule has 0 bridgehead atoms. The molecule has 1 fully saturated rings. The van der Waals surface area contributed by atoms with Gasteiger partial charge in [-0.2, -0.15) is 0 Å². The maximum Gasteiger partial charge on any atom is 0.317 e. The zero-order valence-corrected chi connectivity index (χ0v) is 22.5. The standard InChI is InChI=1S/C25H41N3O11/c29-22(27-6-12-35-10-4-26(21-25(32)33)5-11-36-13-7-27)3-9-34-15-17-38-19-20-39-18-16-37-14-8-28-23(30)1-2-24(28)31/h1-2H,3-21H2,(H,32,33). The van der Waals surface area contributed by atoms with Crippen molar-refractivity contribution in [2.75, 3.05) is 119 Å². The third-order valence-corrected chi connectivity index (χ3v) is 5.76. The van der Waals surface area contributed by atoms with Gasteiger partial charge in [-0.05, 0) is 0 Å². The van der Waals surface area contributed by atoms with Gasteiger partial charge in [-0.25, -0.2) is 0 Å². The Hall–Kier alpha value is -2.46. The van der Waals surface area contributed by atoms with Gasteiger partial charge in [0.05, 0.1) is 98.8 Å². The van der Waals surface area contributed by atoms with Crippen molar-refractivity contribution in [1.29, 1.82) is 0 Å². The minimum atomic E-state index is -0.886. The van der Waals surface area contributed by atoms with E-state index in [9.17, 15) is 19.2 Å². The van der Waals surface area contributed by atoms with Gasteiger partial charge in [0.15, 0.2) is 0 Å². The SMILES string of the molecule is O=C(O)CN1CCOCCN(C(=O)CCOCCOCCOCCOCCN2C(=O)C=CC2=O)CCOCC1. The van der Waals surface area contributed by atoms with Crippen LogP contribution in [0.1, 0.15) is 6.42 Å². The highest BCUT2D eigenvalue weighted by molar-refractivity contribution is 6.12. The van der Waals surface area contributed by atoms with Crippen LogP contribution in [0, 0.1) is 0 Å². The molecule has 1 saturated heterocycles. The lowest BCUT2D eigenvalue weighted by Gasteiger charge is -2.25. The third kappa shape index (κ3) is 15.1. The Kier molecular flexibility index (Phi) is 17.2. The Balaban J connectivity index is 1.40. The van der Waals surface area contributed by atoms with Gasteiger partial charge < -0.3 is 38.4 Å². The van der Waals surface area contributed by atoms with Crippen molar-refractivity contribution >= 4 is 23.7 Å². The molecule has 0 unspecified atom stereocenters. The van der Waals surface area contributed by atoms with Crippen LogP contribution < -0.4 is 0 Å². The smallest absolute Gasteiger partial charge is 0.317 e. The van der Waals surface area contributed by atoms with Gasteiger partial charge in [0.25, 0.3) is 11.8 Å². The predicted octanol–water partition coefficient (Wildman–Crippen LogP) is -1.37. The molecule has 0 radical (unpaired) electrons. The Morgan fingerprint density at radius 1 is 0.718 bits per heavy atom. The summed E-state index contributed by atoms with van der Waals surface area (Å²) in [7, 11) is 0. The topological polar surface area (TPSA) is 154 Å². The summed E-state index contributed by atoms with van der Waals surface area (Å²) in [6.07, 6.45) is 2.73. The van der Waals surface area contributed by atoms with E-state index in [2.05, 4.69) is 0 Å². The Bertz CT molecular complexity index is 748. The van der Waals surface area contributed by atoms with Gasteiger partial charge in [0.1, 0.15) is 0 Å². The molecule has 0 aliphatic carbocycles. The molecular formula is C25H41N3O11. The minimum absolute atomic E-state index is 0.0430. The van der Waals surface area contributed by atoms with Crippen molar-refractivity contribution in [1.82, 2.24) is 14.7 Å². The molecule has 39 heavy (non-hydrogen) atoms. The Morgan fingerprint density at radius 3 is 1.69 bits per heavy atom. The van der Waals surface area contributed by atoms with E-state index in [0.717, 1.165) is 4.90 Å². The molecule has 222 valence electrons.